The van der Waals surface area contributed by atoms with Gasteiger partial charge < -0.3 is 4.74 Å². The Kier molecular flexibility index (Phi) is 11.8. The van der Waals surface area contributed by atoms with Crippen LogP contribution in [0.15, 0.2) is 0 Å². The fourth-order valence-electron chi connectivity index (χ4n) is 7.23. The Morgan fingerprint density at radius 3 is 1.84 bits per heavy atom. The smallest absolute Gasteiger partial charge is 0.157 e. The van der Waals surface area contributed by atoms with E-state index in [-0.39, 0.29) is 5.92 Å². The first-order valence-corrected chi connectivity index (χ1v) is 14.5. The number of halogens is 2. The fraction of sp³-hybridized carbons (Fsp3) is 1.00. The minimum absolute atomic E-state index is 0.0693. The molecule has 0 aromatic heterocycles. The summed E-state index contributed by atoms with van der Waals surface area (Å²) in [6.07, 6.45) is 18.9. The third kappa shape index (κ3) is 7.67. The van der Waals surface area contributed by atoms with E-state index in [1.54, 1.807) is 0 Å². The minimum Gasteiger partial charge on any atom is -0.375 e. The van der Waals surface area contributed by atoms with Crippen LogP contribution >= 0.6 is 0 Å². The average molecular weight is 455 g/mol. The molecule has 188 valence electrons. The molecule has 0 amide bonds. The van der Waals surface area contributed by atoms with Gasteiger partial charge in [0, 0.05) is 6.61 Å². The molecule has 3 aliphatic carbocycles. The van der Waals surface area contributed by atoms with E-state index in [0.29, 0.717) is 18.9 Å². The van der Waals surface area contributed by atoms with Crippen molar-refractivity contribution in [1.82, 2.24) is 0 Å². The van der Waals surface area contributed by atoms with Gasteiger partial charge in [-0.15, -0.1) is 0 Å². The molecule has 3 fully saturated rings. The molecule has 1 nitrogen and oxygen atoms in total. The van der Waals surface area contributed by atoms with Crippen LogP contribution in [0, 0.1) is 29.6 Å². The summed E-state index contributed by atoms with van der Waals surface area (Å²) in [5.74, 6) is 3.07. The molecular weight excluding hydrogens is 402 g/mol. The molecule has 3 heteroatoms. The predicted octanol–water partition coefficient (Wildman–Crippen LogP) is 9.23. The summed E-state index contributed by atoms with van der Waals surface area (Å²) in [6.45, 7) is 5.07. The number of hydrogen-bond donors (Lipinski definition) is 0. The van der Waals surface area contributed by atoms with Crippen molar-refractivity contribution in [2.75, 3.05) is 6.61 Å². The zero-order valence-electron chi connectivity index (χ0n) is 21.2. The summed E-state index contributed by atoms with van der Waals surface area (Å²) < 4.78 is 35.7. The Balaban J connectivity index is 1.35. The quantitative estimate of drug-likeness (QED) is 0.267. The Morgan fingerprint density at radius 2 is 1.19 bits per heavy atom. The summed E-state index contributed by atoms with van der Waals surface area (Å²) in [4.78, 5) is 0. The van der Waals surface area contributed by atoms with Crippen molar-refractivity contribution in [2.45, 2.75) is 148 Å². The number of ether oxygens (including phenoxy) is 1. The zero-order chi connectivity index (χ0) is 22.8. The molecule has 4 unspecified atom stereocenters. The molecule has 0 aliphatic heterocycles. The van der Waals surface area contributed by atoms with E-state index >= 15 is 4.39 Å². The van der Waals surface area contributed by atoms with Crippen molar-refractivity contribution >= 4 is 0 Å². The van der Waals surface area contributed by atoms with Gasteiger partial charge in [0.15, 0.2) is 6.17 Å². The molecule has 3 saturated carbocycles. The van der Waals surface area contributed by atoms with Gasteiger partial charge in [0.2, 0.25) is 0 Å². The molecule has 0 radical (unpaired) electrons. The molecule has 32 heavy (non-hydrogen) atoms. The lowest BCUT2D eigenvalue weighted by Gasteiger charge is -2.43. The fourth-order valence-corrected chi connectivity index (χ4v) is 7.23. The molecule has 0 saturated heterocycles. The van der Waals surface area contributed by atoms with Crippen LogP contribution in [0.4, 0.5) is 8.78 Å². The molecule has 0 N–H and O–H groups in total. The molecular formula is C29H52F2O. The monoisotopic (exact) mass is 454 g/mol. The first kappa shape index (κ1) is 26.4. The lowest BCUT2D eigenvalue weighted by atomic mass is 9.65. The van der Waals surface area contributed by atoms with Gasteiger partial charge in [-0.2, -0.15) is 0 Å². The van der Waals surface area contributed by atoms with Crippen LogP contribution in [0.3, 0.4) is 0 Å². The molecule has 0 spiro atoms. The van der Waals surface area contributed by atoms with Crippen LogP contribution in [0.1, 0.15) is 129 Å². The normalized spacial score (nSPS) is 38.6. The van der Waals surface area contributed by atoms with Crippen molar-refractivity contribution < 1.29 is 13.5 Å². The standard InChI is InChI=1S/C29H52F2O/c1-3-5-7-9-21-32-27-20-19-26(28(30)29(27)31)25-17-15-24(16-18-25)23-13-11-22(12-14-23)10-8-6-4-2/h22-29H,3-21H2,1-2H3. The van der Waals surface area contributed by atoms with Gasteiger partial charge in [-0.3, -0.25) is 0 Å². The third-order valence-corrected chi connectivity index (χ3v) is 9.38. The number of unbranched alkanes of at least 4 members (excludes halogenated alkanes) is 5. The van der Waals surface area contributed by atoms with Crippen LogP contribution in [-0.4, -0.2) is 25.1 Å². The van der Waals surface area contributed by atoms with Crippen LogP contribution in [0.5, 0.6) is 0 Å². The molecule has 3 aliphatic rings. The van der Waals surface area contributed by atoms with Gasteiger partial charge in [-0.1, -0.05) is 71.6 Å². The second-order valence-electron chi connectivity index (χ2n) is 11.6. The third-order valence-electron chi connectivity index (χ3n) is 9.38. The second kappa shape index (κ2) is 14.3. The van der Waals surface area contributed by atoms with Gasteiger partial charge in [0.05, 0.1) is 6.10 Å². The molecule has 0 aromatic rings. The number of rotatable bonds is 12. The summed E-state index contributed by atoms with van der Waals surface area (Å²) >= 11 is 0. The van der Waals surface area contributed by atoms with E-state index < -0.39 is 18.4 Å². The predicted molar refractivity (Wildman–Crippen MR) is 131 cm³/mol. The van der Waals surface area contributed by atoms with E-state index in [4.69, 9.17) is 4.74 Å². The van der Waals surface area contributed by atoms with E-state index in [9.17, 15) is 4.39 Å². The van der Waals surface area contributed by atoms with Crippen molar-refractivity contribution in [3.05, 3.63) is 0 Å². The van der Waals surface area contributed by atoms with Crippen LogP contribution in [0.2, 0.25) is 0 Å². The summed E-state index contributed by atoms with van der Waals surface area (Å²) in [6, 6.07) is 0. The first-order chi connectivity index (χ1) is 15.6. The molecule has 0 aromatic carbocycles. The molecule has 3 rings (SSSR count). The van der Waals surface area contributed by atoms with Gasteiger partial charge >= 0.3 is 0 Å². The summed E-state index contributed by atoms with van der Waals surface area (Å²) in [5, 5.41) is 0. The van der Waals surface area contributed by atoms with Crippen molar-refractivity contribution in [2.24, 2.45) is 29.6 Å². The largest absolute Gasteiger partial charge is 0.375 e. The highest BCUT2D eigenvalue weighted by molar-refractivity contribution is 4.94. The molecule has 0 bridgehead atoms. The Morgan fingerprint density at radius 1 is 0.594 bits per heavy atom. The van der Waals surface area contributed by atoms with Gasteiger partial charge in [0.25, 0.3) is 0 Å². The Labute approximate surface area is 197 Å². The SMILES string of the molecule is CCCCCCOC1CCC(C2CCC(C3CCC(CCCCC)CC3)CC2)C(F)C1F. The lowest BCUT2D eigenvalue weighted by Crippen LogP contribution is -2.46. The molecule has 4 atom stereocenters. The average Bonchev–Trinajstić information content (AvgIpc) is 2.82. The Bertz CT molecular complexity index is 482. The maximum Gasteiger partial charge on any atom is 0.157 e. The minimum atomic E-state index is -1.42. The number of hydrogen-bond acceptors (Lipinski definition) is 1. The van der Waals surface area contributed by atoms with Crippen molar-refractivity contribution in [1.29, 1.82) is 0 Å². The van der Waals surface area contributed by atoms with Crippen molar-refractivity contribution in [3.63, 3.8) is 0 Å². The highest BCUT2D eigenvalue weighted by Gasteiger charge is 2.45. The molecule has 0 heterocycles. The van der Waals surface area contributed by atoms with Crippen LogP contribution in [-0.2, 0) is 4.74 Å². The first-order valence-electron chi connectivity index (χ1n) is 14.5. The lowest BCUT2D eigenvalue weighted by molar-refractivity contribution is -0.0887. The zero-order valence-corrected chi connectivity index (χ0v) is 21.2. The Hall–Kier alpha value is -0.180. The maximum absolute atomic E-state index is 15.1. The van der Waals surface area contributed by atoms with Crippen LogP contribution in [0.25, 0.3) is 0 Å². The van der Waals surface area contributed by atoms with E-state index in [2.05, 4.69) is 13.8 Å². The topological polar surface area (TPSA) is 9.23 Å². The van der Waals surface area contributed by atoms with Gasteiger partial charge in [0.1, 0.15) is 6.17 Å². The van der Waals surface area contributed by atoms with Gasteiger partial charge in [-0.25, -0.2) is 8.78 Å². The number of alkyl halides is 2. The van der Waals surface area contributed by atoms with E-state index in [1.165, 1.54) is 77.0 Å². The highest BCUT2D eigenvalue weighted by Crippen LogP contribution is 2.47. The summed E-state index contributed by atoms with van der Waals surface area (Å²) in [5.41, 5.74) is 0. The van der Waals surface area contributed by atoms with E-state index in [0.717, 1.165) is 49.9 Å². The van der Waals surface area contributed by atoms with Crippen molar-refractivity contribution in [3.8, 4) is 0 Å². The van der Waals surface area contributed by atoms with E-state index in [1.807, 2.05) is 0 Å². The summed E-state index contributed by atoms with van der Waals surface area (Å²) in [7, 11) is 0. The van der Waals surface area contributed by atoms with Gasteiger partial charge in [-0.05, 0) is 87.4 Å². The maximum atomic E-state index is 15.1. The highest BCUT2D eigenvalue weighted by atomic mass is 19.2. The van der Waals surface area contributed by atoms with Crippen LogP contribution < -0.4 is 0 Å². The second-order valence-corrected chi connectivity index (χ2v) is 11.6.